The van der Waals surface area contributed by atoms with E-state index in [9.17, 15) is 9.59 Å². The van der Waals surface area contributed by atoms with E-state index in [1.807, 2.05) is 6.92 Å². The van der Waals surface area contributed by atoms with Crippen LogP contribution in [0.4, 0.5) is 4.79 Å². The van der Waals surface area contributed by atoms with Gasteiger partial charge >= 0.3 is 6.09 Å². The number of imide groups is 1. The van der Waals surface area contributed by atoms with E-state index in [2.05, 4.69) is 0 Å². The molecule has 1 aliphatic rings. The molecule has 0 aromatic rings. The van der Waals surface area contributed by atoms with E-state index in [4.69, 9.17) is 4.74 Å². The first kappa shape index (κ1) is 9.03. The van der Waals surface area contributed by atoms with Crippen molar-refractivity contribution in [3.05, 3.63) is 0 Å². The molecule has 0 bridgehead atoms. The lowest BCUT2D eigenvalue weighted by Crippen LogP contribution is -2.45. The molecule has 0 saturated carbocycles. The third kappa shape index (κ3) is 1.57. The van der Waals surface area contributed by atoms with Crippen LogP contribution in [0.25, 0.3) is 0 Å². The molecule has 1 fully saturated rings. The molecule has 4 nitrogen and oxygen atoms in total. The maximum atomic E-state index is 11.2. The summed E-state index contributed by atoms with van der Waals surface area (Å²) >= 11 is 0. The third-order valence-corrected chi connectivity index (χ3v) is 1.96. The second-order valence-corrected chi connectivity index (χ2v) is 2.76. The van der Waals surface area contributed by atoms with Gasteiger partial charge in [0, 0.05) is 6.54 Å². The average molecular weight is 171 g/mol. The largest absolute Gasteiger partial charge is 0.445 e. The normalized spacial score (nSPS) is 24.2. The summed E-state index contributed by atoms with van der Waals surface area (Å²) in [5.74, 6) is -0.124. The molecule has 0 spiro atoms. The molecule has 0 N–H and O–H groups in total. The molecule has 12 heavy (non-hydrogen) atoms. The predicted molar refractivity (Wildman–Crippen MR) is 42.6 cm³/mol. The minimum Gasteiger partial charge on any atom is -0.445 e. The van der Waals surface area contributed by atoms with Gasteiger partial charge in [0.15, 0.2) is 0 Å². The first-order valence-electron chi connectivity index (χ1n) is 4.20. The highest BCUT2D eigenvalue weighted by molar-refractivity contribution is 5.94. The van der Waals surface area contributed by atoms with Gasteiger partial charge < -0.3 is 4.74 Å². The Balaban J connectivity index is 2.63. The molecule has 1 aliphatic heterocycles. The molecule has 1 rings (SSSR count). The molecule has 4 heteroatoms. The highest BCUT2D eigenvalue weighted by Gasteiger charge is 2.31. The van der Waals surface area contributed by atoms with E-state index >= 15 is 0 Å². The van der Waals surface area contributed by atoms with E-state index in [0.29, 0.717) is 19.4 Å². The van der Waals surface area contributed by atoms with Crippen LogP contribution in [0.3, 0.4) is 0 Å². The Labute approximate surface area is 71.5 Å². The van der Waals surface area contributed by atoms with Crippen molar-refractivity contribution in [3.63, 3.8) is 0 Å². The van der Waals surface area contributed by atoms with Crippen molar-refractivity contribution in [2.45, 2.75) is 32.8 Å². The van der Waals surface area contributed by atoms with Crippen molar-refractivity contribution in [3.8, 4) is 0 Å². The summed E-state index contributed by atoms with van der Waals surface area (Å²) in [5.41, 5.74) is 0. The van der Waals surface area contributed by atoms with Crippen LogP contribution in [0, 0.1) is 0 Å². The van der Waals surface area contributed by atoms with E-state index < -0.39 is 6.09 Å². The van der Waals surface area contributed by atoms with Crippen LogP contribution in [-0.4, -0.2) is 29.5 Å². The molecule has 2 amide bonds. The van der Waals surface area contributed by atoms with Gasteiger partial charge in [0.2, 0.25) is 5.91 Å². The average Bonchev–Trinajstić information content (AvgIpc) is 2.03. The lowest BCUT2D eigenvalue weighted by molar-refractivity contribution is -0.136. The Morgan fingerprint density at radius 3 is 2.58 bits per heavy atom. The maximum absolute atomic E-state index is 11.2. The fourth-order valence-corrected chi connectivity index (χ4v) is 1.19. The number of cyclic esters (lactones) is 1. The SMILES string of the molecule is CCC1CC(=O)N(CC)C(=O)O1. The first-order chi connectivity index (χ1) is 5.69. The van der Waals surface area contributed by atoms with Gasteiger partial charge in [-0.1, -0.05) is 6.92 Å². The second kappa shape index (κ2) is 3.56. The van der Waals surface area contributed by atoms with Crippen LogP contribution in [0.5, 0.6) is 0 Å². The van der Waals surface area contributed by atoms with Crippen molar-refractivity contribution in [1.29, 1.82) is 0 Å². The third-order valence-electron chi connectivity index (χ3n) is 1.96. The molecule has 1 unspecified atom stereocenters. The summed E-state index contributed by atoms with van der Waals surface area (Å²) in [6, 6.07) is 0. The Bertz CT molecular complexity index is 184. The zero-order chi connectivity index (χ0) is 9.14. The molecule has 1 atom stereocenters. The van der Waals surface area contributed by atoms with Crippen molar-refractivity contribution >= 4 is 12.0 Å². The maximum Gasteiger partial charge on any atom is 0.416 e. The second-order valence-electron chi connectivity index (χ2n) is 2.76. The van der Waals surface area contributed by atoms with Crippen molar-refractivity contribution in [1.82, 2.24) is 4.90 Å². The Morgan fingerprint density at radius 1 is 1.50 bits per heavy atom. The number of carbonyl (C=O) groups excluding carboxylic acids is 2. The van der Waals surface area contributed by atoms with Gasteiger partial charge in [-0.05, 0) is 13.3 Å². The molecule has 0 aromatic heterocycles. The van der Waals surface area contributed by atoms with Crippen LogP contribution in [0.1, 0.15) is 26.7 Å². The monoisotopic (exact) mass is 171 g/mol. The van der Waals surface area contributed by atoms with Crippen molar-refractivity contribution < 1.29 is 14.3 Å². The fourth-order valence-electron chi connectivity index (χ4n) is 1.19. The van der Waals surface area contributed by atoms with Crippen LogP contribution in [0.15, 0.2) is 0 Å². The van der Waals surface area contributed by atoms with Crippen molar-refractivity contribution in [2.75, 3.05) is 6.54 Å². The fraction of sp³-hybridized carbons (Fsp3) is 0.750. The van der Waals surface area contributed by atoms with Gasteiger partial charge in [0.25, 0.3) is 0 Å². The van der Waals surface area contributed by atoms with E-state index in [1.165, 1.54) is 0 Å². The Hall–Kier alpha value is -1.06. The van der Waals surface area contributed by atoms with Gasteiger partial charge in [0.1, 0.15) is 6.10 Å². The summed E-state index contributed by atoms with van der Waals surface area (Å²) in [7, 11) is 0. The number of hydrogen-bond donors (Lipinski definition) is 0. The first-order valence-corrected chi connectivity index (χ1v) is 4.20. The highest BCUT2D eigenvalue weighted by Crippen LogP contribution is 2.15. The predicted octanol–water partition coefficient (Wildman–Crippen LogP) is 1.15. The van der Waals surface area contributed by atoms with Crippen LogP contribution < -0.4 is 0 Å². The number of amides is 2. The number of rotatable bonds is 2. The van der Waals surface area contributed by atoms with E-state index in [-0.39, 0.29) is 12.0 Å². The van der Waals surface area contributed by atoms with Crippen LogP contribution in [0.2, 0.25) is 0 Å². The van der Waals surface area contributed by atoms with Gasteiger partial charge in [-0.3, -0.25) is 4.79 Å². The van der Waals surface area contributed by atoms with E-state index in [1.54, 1.807) is 6.92 Å². The molecule has 0 aromatic carbocycles. The molecule has 0 radical (unpaired) electrons. The van der Waals surface area contributed by atoms with Crippen molar-refractivity contribution in [2.24, 2.45) is 0 Å². The van der Waals surface area contributed by atoms with Crippen LogP contribution in [-0.2, 0) is 9.53 Å². The van der Waals surface area contributed by atoms with Crippen LogP contribution >= 0.6 is 0 Å². The molecule has 68 valence electrons. The topological polar surface area (TPSA) is 46.6 Å². The number of ether oxygens (including phenoxy) is 1. The highest BCUT2D eigenvalue weighted by atomic mass is 16.6. The molecule has 0 aliphatic carbocycles. The van der Waals surface area contributed by atoms with Gasteiger partial charge in [-0.25, -0.2) is 9.69 Å². The summed E-state index contributed by atoms with van der Waals surface area (Å²) in [6.45, 7) is 4.05. The lowest BCUT2D eigenvalue weighted by Gasteiger charge is -2.28. The summed E-state index contributed by atoms with van der Waals surface area (Å²) in [5, 5.41) is 0. The zero-order valence-electron chi connectivity index (χ0n) is 7.37. The van der Waals surface area contributed by atoms with Gasteiger partial charge in [-0.15, -0.1) is 0 Å². The Morgan fingerprint density at radius 2 is 2.17 bits per heavy atom. The molecular formula is C8H13NO3. The zero-order valence-corrected chi connectivity index (χ0v) is 7.37. The molecular weight excluding hydrogens is 158 g/mol. The number of hydrogen-bond acceptors (Lipinski definition) is 3. The number of carbonyl (C=O) groups is 2. The van der Waals surface area contributed by atoms with E-state index in [0.717, 1.165) is 4.90 Å². The van der Waals surface area contributed by atoms with Gasteiger partial charge in [-0.2, -0.15) is 0 Å². The lowest BCUT2D eigenvalue weighted by atomic mass is 10.1. The minimum absolute atomic E-state index is 0.124. The summed E-state index contributed by atoms with van der Waals surface area (Å²) < 4.78 is 4.98. The number of nitrogens with zero attached hydrogens (tertiary/aromatic N) is 1. The minimum atomic E-state index is -0.499. The molecule has 1 saturated heterocycles. The Kier molecular flexibility index (Phi) is 2.68. The van der Waals surface area contributed by atoms with Gasteiger partial charge in [0.05, 0.1) is 6.42 Å². The summed E-state index contributed by atoms with van der Waals surface area (Å²) in [6.07, 6.45) is 0.318. The molecule has 1 heterocycles. The standard InChI is InChI=1S/C8H13NO3/c1-3-6-5-7(10)9(4-2)8(11)12-6/h6H,3-5H2,1-2H3. The smallest absolute Gasteiger partial charge is 0.416 e. The summed E-state index contributed by atoms with van der Waals surface area (Å²) in [4.78, 5) is 23.4. The quantitative estimate of drug-likeness (QED) is 0.626.